The van der Waals surface area contributed by atoms with Crippen molar-refractivity contribution >= 4 is 11.9 Å². The number of ether oxygens (including phenoxy) is 2. The van der Waals surface area contributed by atoms with Gasteiger partial charge >= 0.3 is 11.9 Å². The number of carbonyl (C=O) groups excluding carboxylic acids is 2. The summed E-state index contributed by atoms with van der Waals surface area (Å²) < 4.78 is 9.89. The summed E-state index contributed by atoms with van der Waals surface area (Å²) in [5.41, 5.74) is 0.493. The second-order valence-electron chi connectivity index (χ2n) is 3.39. The first-order valence-corrected chi connectivity index (χ1v) is 5.20. The van der Waals surface area contributed by atoms with Crippen LogP contribution >= 0.6 is 0 Å². The molecule has 90 valence electrons. The summed E-state index contributed by atoms with van der Waals surface area (Å²) in [4.78, 5) is 23.0. The minimum atomic E-state index is -0.568. The number of para-hydroxylation sites is 1. The normalized spacial score (nSPS) is 9.53. The van der Waals surface area contributed by atoms with Crippen LogP contribution in [-0.4, -0.2) is 18.5 Å². The van der Waals surface area contributed by atoms with E-state index in [-0.39, 0.29) is 23.5 Å². The quantitative estimate of drug-likeness (QED) is 0.456. The highest BCUT2D eigenvalue weighted by Gasteiger charge is 2.15. The van der Waals surface area contributed by atoms with Gasteiger partial charge in [0.25, 0.3) is 0 Å². The lowest BCUT2D eigenvalue weighted by Gasteiger charge is -2.08. The Morgan fingerprint density at radius 3 is 2.53 bits per heavy atom. The SMILES string of the molecule is C=C(C)C(=O)Oc1ccccc1C(=O)OCC. The Morgan fingerprint density at radius 2 is 1.94 bits per heavy atom. The van der Waals surface area contributed by atoms with E-state index in [1.807, 2.05) is 0 Å². The topological polar surface area (TPSA) is 52.6 Å². The van der Waals surface area contributed by atoms with Crippen LogP contribution < -0.4 is 4.74 Å². The molecule has 0 radical (unpaired) electrons. The van der Waals surface area contributed by atoms with Gasteiger partial charge < -0.3 is 9.47 Å². The Bertz CT molecular complexity index is 448. The number of carbonyl (C=O) groups is 2. The predicted octanol–water partition coefficient (Wildman–Crippen LogP) is 2.34. The summed E-state index contributed by atoms with van der Waals surface area (Å²) in [5.74, 6) is -0.904. The molecule has 17 heavy (non-hydrogen) atoms. The summed E-state index contributed by atoms with van der Waals surface area (Å²) in [6, 6.07) is 6.42. The number of hydrogen-bond acceptors (Lipinski definition) is 4. The van der Waals surface area contributed by atoms with Gasteiger partial charge in [0.1, 0.15) is 11.3 Å². The molecule has 4 heteroatoms. The molecule has 0 spiro atoms. The fourth-order valence-electron chi connectivity index (χ4n) is 1.12. The van der Waals surface area contributed by atoms with Crippen molar-refractivity contribution in [2.45, 2.75) is 13.8 Å². The Morgan fingerprint density at radius 1 is 1.29 bits per heavy atom. The van der Waals surface area contributed by atoms with Crippen molar-refractivity contribution in [1.29, 1.82) is 0 Å². The Hall–Kier alpha value is -2.10. The lowest BCUT2D eigenvalue weighted by atomic mass is 10.2. The molecule has 1 aromatic rings. The van der Waals surface area contributed by atoms with Gasteiger partial charge in [0.05, 0.1) is 6.61 Å². The van der Waals surface area contributed by atoms with Gasteiger partial charge in [0, 0.05) is 5.57 Å². The molecular weight excluding hydrogens is 220 g/mol. The number of rotatable bonds is 4. The van der Waals surface area contributed by atoms with Crippen LogP contribution in [0.3, 0.4) is 0 Å². The summed E-state index contributed by atoms with van der Waals surface area (Å²) in [6.45, 7) is 6.98. The van der Waals surface area contributed by atoms with E-state index in [1.165, 1.54) is 13.0 Å². The smallest absolute Gasteiger partial charge is 0.341 e. The molecule has 0 aromatic heterocycles. The fraction of sp³-hybridized carbons (Fsp3) is 0.231. The second-order valence-corrected chi connectivity index (χ2v) is 3.39. The maximum absolute atomic E-state index is 11.6. The van der Waals surface area contributed by atoms with Crippen LogP contribution in [0.25, 0.3) is 0 Å². The van der Waals surface area contributed by atoms with Crippen molar-refractivity contribution in [3.63, 3.8) is 0 Å². The van der Waals surface area contributed by atoms with Gasteiger partial charge in [-0.3, -0.25) is 0 Å². The van der Waals surface area contributed by atoms with E-state index in [4.69, 9.17) is 9.47 Å². The van der Waals surface area contributed by atoms with E-state index in [9.17, 15) is 9.59 Å². The molecule has 0 heterocycles. The first-order valence-electron chi connectivity index (χ1n) is 5.20. The lowest BCUT2D eigenvalue weighted by molar-refractivity contribution is -0.130. The van der Waals surface area contributed by atoms with E-state index in [2.05, 4.69) is 6.58 Å². The minimum absolute atomic E-state index is 0.180. The maximum Gasteiger partial charge on any atom is 0.341 e. The van der Waals surface area contributed by atoms with Crippen LogP contribution in [-0.2, 0) is 9.53 Å². The first-order chi connectivity index (χ1) is 8.06. The zero-order valence-corrected chi connectivity index (χ0v) is 9.86. The molecular formula is C13H14O4. The van der Waals surface area contributed by atoms with Crippen LogP contribution in [0.15, 0.2) is 36.4 Å². The van der Waals surface area contributed by atoms with Gasteiger partial charge in [0.2, 0.25) is 0 Å². The highest BCUT2D eigenvalue weighted by atomic mass is 16.5. The summed E-state index contributed by atoms with van der Waals surface area (Å²) in [7, 11) is 0. The highest BCUT2D eigenvalue weighted by Crippen LogP contribution is 2.19. The Kier molecular flexibility index (Phi) is 4.46. The Balaban J connectivity index is 2.96. The van der Waals surface area contributed by atoms with Crippen LogP contribution in [0, 0.1) is 0 Å². The van der Waals surface area contributed by atoms with Crippen LogP contribution in [0.4, 0.5) is 0 Å². The molecule has 0 saturated heterocycles. The second kappa shape index (κ2) is 5.84. The van der Waals surface area contributed by atoms with Crippen molar-refractivity contribution in [1.82, 2.24) is 0 Å². The number of hydrogen-bond donors (Lipinski definition) is 0. The predicted molar refractivity (Wildman–Crippen MR) is 62.8 cm³/mol. The molecule has 0 bridgehead atoms. The van der Waals surface area contributed by atoms with E-state index in [0.29, 0.717) is 0 Å². The van der Waals surface area contributed by atoms with Gasteiger partial charge in [-0.25, -0.2) is 9.59 Å². The van der Waals surface area contributed by atoms with Gasteiger partial charge in [-0.2, -0.15) is 0 Å². The van der Waals surface area contributed by atoms with E-state index >= 15 is 0 Å². The van der Waals surface area contributed by atoms with Crippen molar-refractivity contribution in [3.05, 3.63) is 42.0 Å². The molecule has 0 amide bonds. The van der Waals surface area contributed by atoms with Crippen molar-refractivity contribution in [3.8, 4) is 5.75 Å². The van der Waals surface area contributed by atoms with Crippen LogP contribution in [0.1, 0.15) is 24.2 Å². The van der Waals surface area contributed by atoms with Gasteiger partial charge in [-0.05, 0) is 26.0 Å². The molecule has 1 aromatic carbocycles. The molecule has 0 saturated carbocycles. The molecule has 0 aliphatic heterocycles. The van der Waals surface area contributed by atoms with Crippen LogP contribution in [0.5, 0.6) is 5.75 Å². The standard InChI is InChI=1S/C13H14O4/c1-4-16-13(15)10-7-5-6-8-11(10)17-12(14)9(2)3/h5-8H,2,4H2,1,3H3. The monoisotopic (exact) mass is 234 g/mol. The zero-order valence-electron chi connectivity index (χ0n) is 9.86. The summed E-state index contributed by atoms with van der Waals surface area (Å²) in [6.07, 6.45) is 0. The summed E-state index contributed by atoms with van der Waals surface area (Å²) in [5, 5.41) is 0. The third-order valence-corrected chi connectivity index (χ3v) is 1.93. The van der Waals surface area contributed by atoms with Crippen LogP contribution in [0.2, 0.25) is 0 Å². The first kappa shape index (κ1) is 13.0. The molecule has 0 aliphatic rings. The molecule has 0 atom stereocenters. The van der Waals surface area contributed by atoms with E-state index in [1.54, 1.807) is 25.1 Å². The van der Waals surface area contributed by atoms with Gasteiger partial charge in [0.15, 0.2) is 0 Å². The molecule has 4 nitrogen and oxygen atoms in total. The fourth-order valence-corrected chi connectivity index (χ4v) is 1.12. The lowest BCUT2D eigenvalue weighted by Crippen LogP contribution is -2.13. The third kappa shape index (κ3) is 3.45. The largest absolute Gasteiger partial charge is 0.462 e. The van der Waals surface area contributed by atoms with Gasteiger partial charge in [-0.15, -0.1) is 0 Å². The number of esters is 2. The highest BCUT2D eigenvalue weighted by molar-refractivity contribution is 5.95. The third-order valence-electron chi connectivity index (χ3n) is 1.93. The van der Waals surface area contributed by atoms with E-state index in [0.717, 1.165) is 0 Å². The minimum Gasteiger partial charge on any atom is -0.462 e. The summed E-state index contributed by atoms with van der Waals surface area (Å²) >= 11 is 0. The van der Waals surface area contributed by atoms with Crippen molar-refractivity contribution in [2.75, 3.05) is 6.61 Å². The molecule has 1 rings (SSSR count). The molecule has 0 unspecified atom stereocenters. The average Bonchev–Trinajstić information content (AvgIpc) is 2.29. The van der Waals surface area contributed by atoms with Gasteiger partial charge in [-0.1, -0.05) is 18.7 Å². The zero-order chi connectivity index (χ0) is 12.8. The van der Waals surface area contributed by atoms with Crippen molar-refractivity contribution < 1.29 is 19.1 Å². The molecule has 0 N–H and O–H groups in total. The average molecular weight is 234 g/mol. The molecule has 0 fully saturated rings. The molecule has 0 aliphatic carbocycles. The number of benzene rings is 1. The van der Waals surface area contributed by atoms with Crippen molar-refractivity contribution in [2.24, 2.45) is 0 Å². The van der Waals surface area contributed by atoms with E-state index < -0.39 is 11.9 Å². The Labute approximate surface area is 99.8 Å². The maximum atomic E-state index is 11.6.